The number of imidazole rings is 1. The molecule has 6 rings (SSSR count). The fourth-order valence-electron chi connectivity index (χ4n) is 5.91. The van der Waals surface area contributed by atoms with Gasteiger partial charge in [0.15, 0.2) is 5.65 Å². The molecule has 0 saturated carbocycles. The van der Waals surface area contributed by atoms with Gasteiger partial charge in [0.25, 0.3) is 0 Å². The Kier molecular flexibility index (Phi) is 6.73. The van der Waals surface area contributed by atoms with Gasteiger partial charge in [-0.2, -0.15) is 4.98 Å². The molecule has 1 saturated heterocycles. The summed E-state index contributed by atoms with van der Waals surface area (Å²) >= 11 is 12.7. The fraction of sp³-hybridized carbons (Fsp3) is 0.414. The van der Waals surface area contributed by atoms with Crippen LogP contribution in [-0.4, -0.2) is 41.6 Å². The summed E-state index contributed by atoms with van der Waals surface area (Å²) in [6, 6.07) is 14.2. The second-order valence-corrected chi connectivity index (χ2v) is 14.4. The van der Waals surface area contributed by atoms with Crippen molar-refractivity contribution in [2.24, 2.45) is 12.5 Å². The average molecular weight is 584 g/mol. The largest absolute Gasteiger partial charge is 0.341 e. The van der Waals surface area contributed by atoms with Gasteiger partial charge in [0.05, 0.1) is 38.0 Å². The average Bonchev–Trinajstić information content (AvgIpc) is 3.39. The van der Waals surface area contributed by atoms with Crippen LogP contribution in [0.5, 0.6) is 0 Å². The number of anilines is 1. The van der Waals surface area contributed by atoms with Crippen molar-refractivity contribution in [1.82, 2.24) is 24.2 Å². The molecule has 2 atom stereocenters. The first-order chi connectivity index (χ1) is 18.6. The van der Waals surface area contributed by atoms with E-state index < -0.39 is 11.0 Å². The van der Waals surface area contributed by atoms with Gasteiger partial charge in [0, 0.05) is 25.7 Å². The van der Waals surface area contributed by atoms with Crippen molar-refractivity contribution in [2.75, 3.05) is 18.0 Å². The molecule has 4 aromatic rings. The van der Waals surface area contributed by atoms with E-state index >= 15 is 0 Å². The fourth-order valence-corrected chi connectivity index (χ4v) is 7.24. The molecule has 0 bridgehead atoms. The van der Waals surface area contributed by atoms with Gasteiger partial charge in [0.2, 0.25) is 5.95 Å². The van der Waals surface area contributed by atoms with E-state index in [4.69, 9.17) is 38.2 Å². The second-order valence-electron chi connectivity index (χ2n) is 11.6. The molecule has 2 aromatic heterocycles. The molecule has 0 radical (unpaired) electrons. The number of hydrogen-bond donors (Lipinski definition) is 1. The number of aryl methyl sites for hydroxylation is 1. The first-order valence-corrected chi connectivity index (χ1v) is 15.1. The van der Waals surface area contributed by atoms with E-state index in [2.05, 4.69) is 33.9 Å². The third-order valence-electron chi connectivity index (χ3n) is 8.16. The van der Waals surface area contributed by atoms with Crippen LogP contribution in [0.15, 0.2) is 48.7 Å². The molecule has 1 aliphatic carbocycles. The van der Waals surface area contributed by atoms with E-state index in [1.54, 1.807) is 6.07 Å². The second kappa shape index (κ2) is 9.84. The van der Waals surface area contributed by atoms with Crippen molar-refractivity contribution in [3.05, 3.63) is 69.8 Å². The SMILES string of the molecule is Cn1c(-c2cccc(Cl)c2Cl)nc2nc(N3CCC4(CC3)Cc3ccccc3[C@H]4NS(=O)C(C)(C)C)ncc21. The summed E-state index contributed by atoms with van der Waals surface area (Å²) in [4.78, 5) is 16.6. The predicted octanol–water partition coefficient (Wildman–Crippen LogP) is 6.27. The number of hydrogen-bond acceptors (Lipinski definition) is 5. The summed E-state index contributed by atoms with van der Waals surface area (Å²) in [5.74, 6) is 1.38. The van der Waals surface area contributed by atoms with Crippen molar-refractivity contribution < 1.29 is 4.21 Å². The van der Waals surface area contributed by atoms with Crippen LogP contribution in [0.4, 0.5) is 5.95 Å². The van der Waals surface area contributed by atoms with Gasteiger partial charge in [-0.05, 0) is 68.7 Å². The Bertz CT molecular complexity index is 1590. The summed E-state index contributed by atoms with van der Waals surface area (Å²) in [5, 5.41) is 0.962. The summed E-state index contributed by atoms with van der Waals surface area (Å²) in [6.45, 7) is 7.69. The maximum Gasteiger partial charge on any atom is 0.227 e. The van der Waals surface area contributed by atoms with E-state index in [-0.39, 0.29) is 16.2 Å². The number of aromatic nitrogens is 4. The van der Waals surface area contributed by atoms with Gasteiger partial charge in [-0.15, -0.1) is 0 Å². The van der Waals surface area contributed by atoms with Gasteiger partial charge < -0.3 is 9.47 Å². The summed E-state index contributed by atoms with van der Waals surface area (Å²) in [5.41, 5.74) is 4.86. The van der Waals surface area contributed by atoms with Crippen molar-refractivity contribution >= 4 is 51.3 Å². The van der Waals surface area contributed by atoms with Gasteiger partial charge in [-0.1, -0.05) is 53.5 Å². The number of halogens is 2. The first-order valence-electron chi connectivity index (χ1n) is 13.2. The van der Waals surface area contributed by atoms with Gasteiger partial charge >= 0.3 is 0 Å². The quantitative estimate of drug-likeness (QED) is 0.307. The monoisotopic (exact) mass is 582 g/mol. The Balaban J connectivity index is 1.26. The minimum atomic E-state index is -1.16. The molecular formula is C29H32Cl2N6OS. The lowest BCUT2D eigenvalue weighted by Gasteiger charge is -2.44. The lowest BCUT2D eigenvalue weighted by atomic mass is 9.73. The van der Waals surface area contributed by atoms with E-state index in [0.29, 0.717) is 27.5 Å². The van der Waals surface area contributed by atoms with Crippen molar-refractivity contribution in [2.45, 2.75) is 50.8 Å². The van der Waals surface area contributed by atoms with Crippen LogP contribution in [0.3, 0.4) is 0 Å². The van der Waals surface area contributed by atoms with Crippen molar-refractivity contribution in [1.29, 1.82) is 0 Å². The summed E-state index contributed by atoms with van der Waals surface area (Å²) < 4.78 is 18.3. The molecule has 1 fully saturated rings. The zero-order valence-electron chi connectivity index (χ0n) is 22.5. The topological polar surface area (TPSA) is 75.9 Å². The molecule has 2 aliphatic rings. The van der Waals surface area contributed by atoms with E-state index in [9.17, 15) is 4.21 Å². The van der Waals surface area contributed by atoms with Crippen LogP contribution in [-0.2, 0) is 24.5 Å². The molecule has 2 aromatic carbocycles. The Labute approximate surface area is 241 Å². The van der Waals surface area contributed by atoms with Crippen LogP contribution in [0.1, 0.15) is 50.8 Å². The molecule has 1 N–H and O–H groups in total. The zero-order chi connectivity index (χ0) is 27.5. The Morgan fingerprint density at radius 1 is 1.05 bits per heavy atom. The van der Waals surface area contributed by atoms with E-state index in [1.807, 2.05) is 50.7 Å². The molecule has 10 heteroatoms. The third kappa shape index (κ3) is 4.65. The van der Waals surface area contributed by atoms with Crippen LogP contribution >= 0.6 is 23.2 Å². The Hall–Kier alpha value is -2.52. The van der Waals surface area contributed by atoms with E-state index in [1.165, 1.54) is 11.1 Å². The lowest BCUT2D eigenvalue weighted by Crippen LogP contribution is -2.48. The highest BCUT2D eigenvalue weighted by molar-refractivity contribution is 7.84. The predicted molar refractivity (Wildman–Crippen MR) is 160 cm³/mol. The minimum absolute atomic E-state index is 0.00664. The van der Waals surface area contributed by atoms with Gasteiger partial charge in [0.1, 0.15) is 11.3 Å². The molecule has 1 spiro atoms. The normalized spacial score (nSPS) is 19.5. The maximum absolute atomic E-state index is 13.2. The number of nitrogens with one attached hydrogen (secondary N) is 1. The number of piperidine rings is 1. The van der Waals surface area contributed by atoms with Gasteiger partial charge in [-0.25, -0.2) is 18.9 Å². The number of fused-ring (bicyclic) bond motifs is 2. The Morgan fingerprint density at radius 3 is 2.54 bits per heavy atom. The number of benzene rings is 2. The molecular weight excluding hydrogens is 551 g/mol. The van der Waals surface area contributed by atoms with Crippen LogP contribution in [0.25, 0.3) is 22.6 Å². The number of rotatable bonds is 4. The highest BCUT2D eigenvalue weighted by Crippen LogP contribution is 2.52. The zero-order valence-corrected chi connectivity index (χ0v) is 24.9. The molecule has 1 aliphatic heterocycles. The molecule has 7 nitrogen and oxygen atoms in total. The summed E-state index contributed by atoms with van der Waals surface area (Å²) in [7, 11) is 0.774. The minimum Gasteiger partial charge on any atom is -0.341 e. The summed E-state index contributed by atoms with van der Waals surface area (Å²) in [6.07, 6.45) is 4.72. The van der Waals surface area contributed by atoms with Crippen molar-refractivity contribution in [3.63, 3.8) is 0 Å². The van der Waals surface area contributed by atoms with E-state index in [0.717, 1.165) is 43.4 Å². The first kappa shape index (κ1) is 26.7. The van der Waals surface area contributed by atoms with Crippen molar-refractivity contribution in [3.8, 4) is 11.4 Å². The third-order valence-corrected chi connectivity index (χ3v) is 10.5. The van der Waals surface area contributed by atoms with Crippen LogP contribution < -0.4 is 9.62 Å². The maximum atomic E-state index is 13.2. The molecule has 1 unspecified atom stereocenters. The highest BCUT2D eigenvalue weighted by atomic mass is 35.5. The molecule has 0 amide bonds. The van der Waals surface area contributed by atoms with Gasteiger partial charge in [-0.3, -0.25) is 0 Å². The van der Waals surface area contributed by atoms with Crippen LogP contribution in [0, 0.1) is 5.41 Å². The molecule has 39 heavy (non-hydrogen) atoms. The number of nitrogens with zero attached hydrogens (tertiary/aromatic N) is 5. The standard InChI is InChI=1S/C29H32Cl2N6OS/c1-28(2,3)39(38)35-24-19-9-6-5-8-18(19)16-29(24)12-14-37(15-13-29)27-32-17-22-25(34-27)33-26(36(22)4)20-10-7-11-21(30)23(20)31/h5-11,17,24,35H,12-16H2,1-4H3/t24-,39?/m1/s1. The van der Waals surface area contributed by atoms with Crippen LogP contribution in [0.2, 0.25) is 10.0 Å². The lowest BCUT2D eigenvalue weighted by molar-refractivity contribution is 0.177. The molecule has 204 valence electrons. The highest BCUT2D eigenvalue weighted by Gasteiger charge is 2.49. The smallest absolute Gasteiger partial charge is 0.227 e. The Morgan fingerprint density at radius 2 is 1.79 bits per heavy atom. The molecule has 3 heterocycles.